The number of nitrogens with one attached hydrogen (secondary N) is 2. The molecule has 0 atom stereocenters. The Morgan fingerprint density at radius 2 is 1.68 bits per heavy atom. The summed E-state index contributed by atoms with van der Waals surface area (Å²) in [5.41, 5.74) is 3.21. The Morgan fingerprint density at radius 3 is 2.39 bits per heavy atom. The molecule has 3 aromatic carbocycles. The highest BCUT2D eigenvalue weighted by atomic mass is 16.6. The number of anilines is 2. The number of nitrogens with zero attached hydrogens (tertiary/aromatic N) is 1. The van der Waals surface area contributed by atoms with Crippen LogP contribution < -0.4 is 10.6 Å². The molecule has 1 amide bonds. The summed E-state index contributed by atoms with van der Waals surface area (Å²) in [5.74, 6) is -0.376. The van der Waals surface area contributed by atoms with Crippen LogP contribution in [0.2, 0.25) is 0 Å². The van der Waals surface area contributed by atoms with Crippen molar-refractivity contribution in [1.82, 2.24) is 0 Å². The van der Waals surface area contributed by atoms with Crippen molar-refractivity contribution in [3.63, 3.8) is 0 Å². The summed E-state index contributed by atoms with van der Waals surface area (Å²) in [6.07, 6.45) is 0.777. The summed E-state index contributed by atoms with van der Waals surface area (Å²) >= 11 is 0. The van der Waals surface area contributed by atoms with Crippen LogP contribution in [0.1, 0.15) is 28.4 Å². The maximum Gasteiger partial charge on any atom is 0.293 e. The van der Waals surface area contributed by atoms with E-state index in [9.17, 15) is 14.9 Å². The van der Waals surface area contributed by atoms with Crippen molar-refractivity contribution in [3.05, 3.63) is 99.6 Å². The normalized spacial score (nSPS) is 10.3. The third-order valence-corrected chi connectivity index (χ3v) is 4.43. The zero-order valence-electron chi connectivity index (χ0n) is 15.5. The molecule has 0 saturated heterocycles. The lowest BCUT2D eigenvalue weighted by atomic mass is 10.1. The summed E-state index contributed by atoms with van der Waals surface area (Å²) in [4.78, 5) is 23.6. The number of hydrogen-bond acceptors (Lipinski definition) is 4. The molecule has 0 bridgehead atoms. The summed E-state index contributed by atoms with van der Waals surface area (Å²) in [6, 6.07) is 21.6. The number of benzene rings is 3. The minimum absolute atomic E-state index is 0.132. The van der Waals surface area contributed by atoms with E-state index in [4.69, 9.17) is 0 Å². The Labute approximate surface area is 163 Å². The van der Waals surface area contributed by atoms with Gasteiger partial charge in [0.25, 0.3) is 11.6 Å². The summed E-state index contributed by atoms with van der Waals surface area (Å²) in [7, 11) is 0. The van der Waals surface area contributed by atoms with Crippen molar-refractivity contribution < 1.29 is 9.72 Å². The molecule has 6 nitrogen and oxygen atoms in total. The molecule has 2 N–H and O–H groups in total. The Kier molecular flexibility index (Phi) is 6.01. The van der Waals surface area contributed by atoms with Gasteiger partial charge in [-0.2, -0.15) is 0 Å². The maximum absolute atomic E-state index is 12.6. The second kappa shape index (κ2) is 8.81. The zero-order chi connectivity index (χ0) is 19.9. The van der Waals surface area contributed by atoms with Crippen LogP contribution in [0, 0.1) is 10.1 Å². The lowest BCUT2D eigenvalue weighted by Gasteiger charge is -2.11. The van der Waals surface area contributed by atoms with E-state index in [-0.39, 0.29) is 17.2 Å². The van der Waals surface area contributed by atoms with Gasteiger partial charge in [-0.05, 0) is 35.7 Å². The van der Waals surface area contributed by atoms with Crippen LogP contribution in [0.4, 0.5) is 17.1 Å². The number of hydrogen-bond donors (Lipinski definition) is 2. The highest BCUT2D eigenvalue weighted by molar-refractivity contribution is 6.05. The van der Waals surface area contributed by atoms with Crippen molar-refractivity contribution in [2.75, 3.05) is 10.6 Å². The molecule has 0 unspecified atom stereocenters. The number of amides is 1. The molecule has 0 aromatic heterocycles. The summed E-state index contributed by atoms with van der Waals surface area (Å²) < 4.78 is 0. The molecule has 0 fully saturated rings. The SMILES string of the molecule is CCc1ccccc1NC(=O)c1ccc(NCc2ccccc2)c([N+](=O)[O-])c1. The molecule has 142 valence electrons. The first-order valence-electron chi connectivity index (χ1n) is 9.04. The number of nitro benzene ring substituents is 1. The fraction of sp³-hybridized carbons (Fsp3) is 0.136. The van der Waals surface area contributed by atoms with E-state index in [1.54, 1.807) is 12.1 Å². The van der Waals surface area contributed by atoms with Crippen LogP contribution in [-0.2, 0) is 13.0 Å². The first kappa shape index (κ1) is 19.1. The van der Waals surface area contributed by atoms with E-state index < -0.39 is 4.92 Å². The Morgan fingerprint density at radius 1 is 0.964 bits per heavy atom. The first-order chi connectivity index (χ1) is 13.6. The minimum Gasteiger partial charge on any atom is -0.375 e. The zero-order valence-corrected chi connectivity index (χ0v) is 15.5. The van der Waals surface area contributed by atoms with Gasteiger partial charge >= 0.3 is 0 Å². The molecule has 0 radical (unpaired) electrons. The number of aryl methyl sites for hydroxylation is 1. The van der Waals surface area contributed by atoms with E-state index in [1.807, 2.05) is 61.5 Å². The smallest absolute Gasteiger partial charge is 0.293 e. The molecule has 28 heavy (non-hydrogen) atoms. The van der Waals surface area contributed by atoms with Gasteiger partial charge in [-0.1, -0.05) is 55.5 Å². The van der Waals surface area contributed by atoms with Crippen LogP contribution in [0.3, 0.4) is 0 Å². The van der Waals surface area contributed by atoms with Crippen molar-refractivity contribution >= 4 is 23.0 Å². The highest BCUT2D eigenvalue weighted by Crippen LogP contribution is 2.27. The van der Waals surface area contributed by atoms with Crippen molar-refractivity contribution in [2.24, 2.45) is 0 Å². The van der Waals surface area contributed by atoms with Gasteiger partial charge in [-0.15, -0.1) is 0 Å². The number of carbonyl (C=O) groups excluding carboxylic acids is 1. The third kappa shape index (κ3) is 4.54. The second-order valence-corrected chi connectivity index (χ2v) is 6.29. The quantitative estimate of drug-likeness (QED) is 0.448. The fourth-order valence-electron chi connectivity index (χ4n) is 2.91. The van der Waals surface area contributed by atoms with Gasteiger partial charge in [-0.25, -0.2) is 0 Å². The van der Waals surface area contributed by atoms with Crippen LogP contribution in [0.5, 0.6) is 0 Å². The van der Waals surface area contributed by atoms with Gasteiger partial charge in [0, 0.05) is 23.9 Å². The van der Waals surface area contributed by atoms with E-state index in [0.717, 1.165) is 17.5 Å². The number of rotatable bonds is 7. The Hall–Kier alpha value is -3.67. The molecule has 0 spiro atoms. The first-order valence-corrected chi connectivity index (χ1v) is 9.04. The number of carbonyl (C=O) groups is 1. The van der Waals surface area contributed by atoms with Gasteiger partial charge in [-0.3, -0.25) is 14.9 Å². The average Bonchev–Trinajstić information content (AvgIpc) is 2.73. The van der Waals surface area contributed by atoms with Crippen LogP contribution in [0.25, 0.3) is 0 Å². The van der Waals surface area contributed by atoms with Crippen molar-refractivity contribution in [1.29, 1.82) is 0 Å². The molecular formula is C22H21N3O3. The lowest BCUT2D eigenvalue weighted by Crippen LogP contribution is -2.14. The molecule has 3 rings (SSSR count). The van der Waals surface area contributed by atoms with Gasteiger partial charge in [0.05, 0.1) is 4.92 Å². The van der Waals surface area contributed by atoms with Crippen LogP contribution in [-0.4, -0.2) is 10.8 Å². The van der Waals surface area contributed by atoms with E-state index >= 15 is 0 Å². The van der Waals surface area contributed by atoms with Gasteiger partial charge < -0.3 is 10.6 Å². The van der Waals surface area contributed by atoms with E-state index in [2.05, 4.69) is 10.6 Å². The lowest BCUT2D eigenvalue weighted by molar-refractivity contribution is -0.384. The Bertz CT molecular complexity index is 987. The predicted octanol–water partition coefficient (Wildman–Crippen LogP) is 5.02. The van der Waals surface area contributed by atoms with Gasteiger partial charge in [0.1, 0.15) is 5.69 Å². The third-order valence-electron chi connectivity index (χ3n) is 4.43. The largest absolute Gasteiger partial charge is 0.375 e. The highest BCUT2D eigenvalue weighted by Gasteiger charge is 2.18. The fourth-order valence-corrected chi connectivity index (χ4v) is 2.91. The predicted molar refractivity (Wildman–Crippen MR) is 111 cm³/mol. The maximum atomic E-state index is 12.6. The Balaban J connectivity index is 1.80. The van der Waals surface area contributed by atoms with Crippen LogP contribution in [0.15, 0.2) is 72.8 Å². The standard InChI is InChI=1S/C22H21N3O3/c1-2-17-10-6-7-11-19(17)24-22(26)18-12-13-20(21(14-18)25(27)28)23-15-16-8-4-3-5-9-16/h3-14,23H,2,15H2,1H3,(H,24,26). The van der Waals surface area contributed by atoms with Crippen molar-refractivity contribution in [2.45, 2.75) is 19.9 Å². The van der Waals surface area contributed by atoms with Gasteiger partial charge in [0.15, 0.2) is 0 Å². The van der Waals surface area contributed by atoms with Gasteiger partial charge in [0.2, 0.25) is 0 Å². The van der Waals surface area contributed by atoms with Crippen LogP contribution >= 0.6 is 0 Å². The molecule has 0 heterocycles. The second-order valence-electron chi connectivity index (χ2n) is 6.29. The molecule has 0 saturated carbocycles. The van der Waals surface area contributed by atoms with E-state index in [1.165, 1.54) is 6.07 Å². The van der Waals surface area contributed by atoms with Crippen molar-refractivity contribution in [3.8, 4) is 0 Å². The number of para-hydroxylation sites is 1. The van der Waals surface area contributed by atoms with E-state index in [0.29, 0.717) is 17.9 Å². The summed E-state index contributed by atoms with van der Waals surface area (Å²) in [5, 5.41) is 17.4. The topological polar surface area (TPSA) is 84.3 Å². The minimum atomic E-state index is -0.482. The molecular weight excluding hydrogens is 354 g/mol. The average molecular weight is 375 g/mol. The molecule has 6 heteroatoms. The molecule has 3 aromatic rings. The molecule has 0 aliphatic rings. The monoisotopic (exact) mass is 375 g/mol. The molecule has 0 aliphatic heterocycles. The number of nitro groups is 1. The molecule has 0 aliphatic carbocycles. The summed E-state index contributed by atoms with van der Waals surface area (Å²) in [6.45, 7) is 2.46.